The molecule has 2 heterocycles. The van der Waals surface area contributed by atoms with Crippen molar-refractivity contribution in [1.82, 2.24) is 4.57 Å². The van der Waals surface area contributed by atoms with Crippen molar-refractivity contribution < 1.29 is 9.53 Å². The third kappa shape index (κ3) is 4.18. The van der Waals surface area contributed by atoms with Crippen molar-refractivity contribution >= 4 is 50.9 Å². The van der Waals surface area contributed by atoms with Crippen LogP contribution in [-0.4, -0.2) is 17.1 Å². The van der Waals surface area contributed by atoms with Gasteiger partial charge in [-0.3, -0.25) is 9.36 Å². The van der Waals surface area contributed by atoms with Gasteiger partial charge in [-0.2, -0.15) is 0 Å². The van der Waals surface area contributed by atoms with Crippen molar-refractivity contribution in [2.75, 3.05) is 6.61 Å². The Morgan fingerprint density at radius 1 is 1.26 bits per heavy atom. The minimum absolute atomic E-state index is 0.221. The second-order valence-corrected chi connectivity index (χ2v) is 9.21. The van der Waals surface area contributed by atoms with Crippen LogP contribution in [0.1, 0.15) is 31.0 Å². The number of fused-ring (bicyclic) bond motifs is 1. The molecule has 1 unspecified atom stereocenters. The molecule has 1 aliphatic heterocycles. The van der Waals surface area contributed by atoms with Crippen molar-refractivity contribution in [3.05, 3.63) is 100 Å². The normalized spacial score (nSPS) is 16.1. The summed E-state index contributed by atoms with van der Waals surface area (Å²) in [5, 5.41) is 0.464. The van der Waals surface area contributed by atoms with Crippen molar-refractivity contribution in [1.29, 1.82) is 0 Å². The van der Waals surface area contributed by atoms with Gasteiger partial charge in [-0.15, -0.1) is 0 Å². The molecule has 0 bridgehead atoms. The highest BCUT2D eigenvalue weighted by Crippen LogP contribution is 2.34. The maximum atomic E-state index is 13.5. The number of esters is 1. The Hall–Kier alpha value is -2.48. The van der Waals surface area contributed by atoms with Crippen LogP contribution in [0.4, 0.5) is 0 Å². The molecule has 0 saturated carbocycles. The van der Waals surface area contributed by atoms with E-state index in [9.17, 15) is 9.59 Å². The predicted molar refractivity (Wildman–Crippen MR) is 126 cm³/mol. The average molecular weight is 518 g/mol. The lowest BCUT2D eigenvalue weighted by Crippen LogP contribution is -2.40. The van der Waals surface area contributed by atoms with Gasteiger partial charge in [-0.05, 0) is 49.2 Å². The number of hydrogen-bond donors (Lipinski definition) is 0. The van der Waals surface area contributed by atoms with E-state index in [2.05, 4.69) is 20.9 Å². The molecule has 0 spiro atoms. The lowest BCUT2D eigenvalue weighted by molar-refractivity contribution is -0.139. The van der Waals surface area contributed by atoms with Crippen LogP contribution >= 0.6 is 38.9 Å². The lowest BCUT2D eigenvalue weighted by Gasteiger charge is -2.25. The van der Waals surface area contributed by atoms with Gasteiger partial charge < -0.3 is 4.74 Å². The van der Waals surface area contributed by atoms with E-state index >= 15 is 0 Å². The summed E-state index contributed by atoms with van der Waals surface area (Å²) in [5.41, 5.74) is 2.14. The van der Waals surface area contributed by atoms with Crippen LogP contribution in [0.5, 0.6) is 0 Å². The van der Waals surface area contributed by atoms with E-state index in [4.69, 9.17) is 16.3 Å². The number of thiazole rings is 1. The number of carbonyl (C=O) groups is 1. The zero-order valence-corrected chi connectivity index (χ0v) is 19.9. The molecule has 158 valence electrons. The largest absolute Gasteiger partial charge is 0.463 e. The van der Waals surface area contributed by atoms with Crippen LogP contribution in [-0.2, 0) is 9.53 Å². The fraction of sp³-hybridized carbons (Fsp3) is 0.174. The summed E-state index contributed by atoms with van der Waals surface area (Å²) in [6.45, 7) is 3.71. The van der Waals surface area contributed by atoms with E-state index in [1.165, 1.54) is 15.9 Å². The van der Waals surface area contributed by atoms with E-state index in [0.717, 1.165) is 10.0 Å². The zero-order valence-electron chi connectivity index (χ0n) is 16.8. The first-order chi connectivity index (χ1) is 14.9. The van der Waals surface area contributed by atoms with E-state index in [1.807, 2.05) is 48.5 Å². The molecule has 5 nitrogen and oxygen atoms in total. The Bertz CT molecular complexity index is 1370. The number of benzene rings is 2. The Labute approximate surface area is 196 Å². The second-order valence-electron chi connectivity index (χ2n) is 6.88. The molecule has 0 N–H and O–H groups in total. The molecule has 0 radical (unpaired) electrons. The van der Waals surface area contributed by atoms with Crippen LogP contribution in [0.2, 0.25) is 5.02 Å². The van der Waals surface area contributed by atoms with Gasteiger partial charge in [-0.1, -0.05) is 69.2 Å². The Kier molecular flexibility index (Phi) is 6.27. The van der Waals surface area contributed by atoms with E-state index in [1.54, 1.807) is 19.9 Å². The highest BCUT2D eigenvalue weighted by molar-refractivity contribution is 9.10. The monoisotopic (exact) mass is 516 g/mol. The Morgan fingerprint density at radius 3 is 2.65 bits per heavy atom. The third-order valence-corrected chi connectivity index (χ3v) is 6.74. The zero-order chi connectivity index (χ0) is 22.1. The maximum absolute atomic E-state index is 13.5. The van der Waals surface area contributed by atoms with Gasteiger partial charge in [-0.25, -0.2) is 9.79 Å². The summed E-state index contributed by atoms with van der Waals surface area (Å²) in [6, 6.07) is 14.2. The van der Waals surface area contributed by atoms with Gasteiger partial charge in [0.1, 0.15) is 6.04 Å². The molecule has 8 heteroatoms. The van der Waals surface area contributed by atoms with Crippen molar-refractivity contribution in [2.45, 2.75) is 19.9 Å². The van der Waals surface area contributed by atoms with Gasteiger partial charge in [0.2, 0.25) is 0 Å². The molecule has 0 aliphatic carbocycles. The molecule has 1 aliphatic rings. The van der Waals surface area contributed by atoms with E-state index < -0.39 is 12.0 Å². The Morgan fingerprint density at radius 2 is 1.97 bits per heavy atom. The molecule has 0 fully saturated rings. The van der Waals surface area contributed by atoms with Crippen molar-refractivity contribution in [3.8, 4) is 0 Å². The first-order valence-electron chi connectivity index (χ1n) is 9.60. The fourth-order valence-electron chi connectivity index (χ4n) is 3.49. The number of hydrogen-bond acceptors (Lipinski definition) is 5. The highest BCUT2D eigenvalue weighted by Gasteiger charge is 2.34. The molecule has 1 atom stereocenters. The Balaban J connectivity index is 1.97. The number of rotatable bonds is 4. The molecule has 3 aromatic rings. The highest BCUT2D eigenvalue weighted by atomic mass is 79.9. The minimum Gasteiger partial charge on any atom is -0.463 e. The first kappa shape index (κ1) is 21.7. The van der Waals surface area contributed by atoms with E-state index in [0.29, 0.717) is 31.2 Å². The summed E-state index contributed by atoms with van der Waals surface area (Å²) in [7, 11) is 0. The molecule has 2 aromatic carbocycles. The predicted octanol–water partition coefficient (Wildman–Crippen LogP) is 4.21. The summed E-state index contributed by atoms with van der Waals surface area (Å²) in [6.07, 6.45) is 1.82. The molecular formula is C23H18BrClN2O3S. The minimum atomic E-state index is -0.712. The third-order valence-electron chi connectivity index (χ3n) is 4.88. The average Bonchev–Trinajstić information content (AvgIpc) is 3.04. The second kappa shape index (κ2) is 8.94. The number of aromatic nitrogens is 1. The number of halogens is 2. The van der Waals surface area contributed by atoms with Crippen LogP contribution in [0, 0.1) is 0 Å². The smallest absolute Gasteiger partial charge is 0.338 e. The standard InChI is InChI=1S/C23H18BrClN2O3S/c1-3-30-22(29)19-13(2)26-23-27(20(19)16-6-4-5-7-17(16)25)21(28)18(31-23)12-14-8-10-15(24)11-9-14/h4-12,20H,3H2,1-2H3. The maximum Gasteiger partial charge on any atom is 0.338 e. The van der Waals surface area contributed by atoms with Gasteiger partial charge >= 0.3 is 5.97 Å². The molecular weight excluding hydrogens is 500 g/mol. The number of ether oxygens (including phenoxy) is 1. The summed E-state index contributed by atoms with van der Waals surface area (Å²) in [4.78, 5) is 31.4. The first-order valence-corrected chi connectivity index (χ1v) is 11.6. The van der Waals surface area contributed by atoms with Gasteiger partial charge in [0.25, 0.3) is 5.56 Å². The topological polar surface area (TPSA) is 60.7 Å². The molecule has 31 heavy (non-hydrogen) atoms. The molecule has 1 aromatic heterocycles. The van der Waals surface area contributed by atoms with Crippen LogP contribution in [0.3, 0.4) is 0 Å². The molecule has 4 rings (SSSR count). The van der Waals surface area contributed by atoms with Crippen LogP contribution in [0.15, 0.2) is 74.1 Å². The van der Waals surface area contributed by atoms with Crippen molar-refractivity contribution in [2.24, 2.45) is 4.99 Å². The van der Waals surface area contributed by atoms with Crippen molar-refractivity contribution in [3.63, 3.8) is 0 Å². The molecule has 0 amide bonds. The number of nitrogens with zero attached hydrogens (tertiary/aromatic N) is 2. The van der Waals surface area contributed by atoms with Gasteiger partial charge in [0, 0.05) is 9.50 Å². The summed E-state index contributed by atoms with van der Waals surface area (Å²) in [5.74, 6) is -0.504. The van der Waals surface area contributed by atoms with Crippen LogP contribution in [0.25, 0.3) is 6.08 Å². The summed E-state index contributed by atoms with van der Waals surface area (Å²) >= 11 is 11.2. The number of carbonyl (C=O) groups excluding carboxylic acids is 1. The van der Waals surface area contributed by atoms with Gasteiger partial charge in [0.05, 0.1) is 22.4 Å². The molecule has 0 saturated heterocycles. The van der Waals surface area contributed by atoms with E-state index in [-0.39, 0.29) is 12.2 Å². The number of allylic oxidation sites excluding steroid dienone is 1. The summed E-state index contributed by atoms with van der Waals surface area (Å²) < 4.78 is 8.31. The fourth-order valence-corrected chi connectivity index (χ4v) is 5.04. The lowest BCUT2D eigenvalue weighted by atomic mass is 9.96. The van der Waals surface area contributed by atoms with Crippen LogP contribution < -0.4 is 14.9 Å². The van der Waals surface area contributed by atoms with Gasteiger partial charge in [0.15, 0.2) is 4.80 Å². The SMILES string of the molecule is CCOC(=O)C1=C(C)N=c2sc(=Cc3ccc(Br)cc3)c(=O)n2C1c1ccccc1Cl. The quantitative estimate of drug-likeness (QED) is 0.487.